The molecule has 0 fully saturated rings. The molecule has 160 valence electrons. The molecule has 3 heterocycles. The van der Waals surface area contributed by atoms with Crippen molar-refractivity contribution in [2.24, 2.45) is 5.73 Å². The molecular formula is C21H24N8O2. The molecule has 0 unspecified atom stereocenters. The first kappa shape index (κ1) is 20.5. The highest BCUT2D eigenvalue weighted by molar-refractivity contribution is 6.08. The van der Waals surface area contributed by atoms with Gasteiger partial charge in [-0.15, -0.1) is 0 Å². The van der Waals surface area contributed by atoms with Gasteiger partial charge in [-0.05, 0) is 37.1 Å². The Morgan fingerprint density at radius 2 is 1.97 bits per heavy atom. The normalized spacial score (nSPS) is 11.4. The maximum absolute atomic E-state index is 13.0. The molecule has 4 rings (SSSR count). The monoisotopic (exact) mass is 420 g/mol. The minimum Gasteiger partial charge on any atom is -0.379 e. The summed E-state index contributed by atoms with van der Waals surface area (Å²) in [7, 11) is 0. The summed E-state index contributed by atoms with van der Waals surface area (Å²) in [6.07, 6.45) is 2.26. The largest absolute Gasteiger partial charge is 0.379 e. The number of imidazole rings is 1. The van der Waals surface area contributed by atoms with E-state index in [9.17, 15) is 4.79 Å². The van der Waals surface area contributed by atoms with E-state index in [1.165, 1.54) is 0 Å². The smallest absolute Gasteiger partial charge is 0.255 e. The molecule has 0 aliphatic rings. The zero-order chi connectivity index (χ0) is 22.0. The third-order valence-corrected chi connectivity index (χ3v) is 4.91. The van der Waals surface area contributed by atoms with Gasteiger partial charge in [-0.1, -0.05) is 30.3 Å². The lowest BCUT2D eigenvalue weighted by Gasteiger charge is -2.15. The number of anilines is 1. The fraction of sp³-hybridized carbons (Fsp3) is 0.286. The second kappa shape index (κ2) is 8.52. The topological polar surface area (TPSA) is 151 Å². The van der Waals surface area contributed by atoms with Crippen molar-refractivity contribution in [2.75, 3.05) is 18.8 Å². The van der Waals surface area contributed by atoms with Crippen molar-refractivity contribution in [1.82, 2.24) is 30.2 Å². The van der Waals surface area contributed by atoms with E-state index < -0.39 is 0 Å². The molecule has 1 amide bonds. The standard InChI is InChI=1S/C21H24N8O2/c1-12(2)29-18-14(21(30)24-10-6-9-22)11-25-15(13-7-4-3-5-8-13)16(18)26-20(29)17-19(23)28-31-27-17/h3-5,7-8,11-12H,6,9-10,22H2,1-2H3,(H2,23,28)(H,24,30). The quantitative estimate of drug-likeness (QED) is 0.386. The summed E-state index contributed by atoms with van der Waals surface area (Å²) in [6.45, 7) is 4.95. The Kier molecular flexibility index (Phi) is 5.63. The number of fused-ring (bicyclic) bond motifs is 1. The summed E-state index contributed by atoms with van der Waals surface area (Å²) >= 11 is 0. The third kappa shape index (κ3) is 3.73. The van der Waals surface area contributed by atoms with Crippen LogP contribution in [0.25, 0.3) is 33.8 Å². The number of nitrogens with zero attached hydrogens (tertiary/aromatic N) is 5. The number of amides is 1. The van der Waals surface area contributed by atoms with Gasteiger partial charge in [-0.25, -0.2) is 9.61 Å². The second-order valence-electron chi connectivity index (χ2n) is 7.38. The van der Waals surface area contributed by atoms with Crippen molar-refractivity contribution in [2.45, 2.75) is 26.3 Å². The molecule has 0 radical (unpaired) electrons. The Morgan fingerprint density at radius 1 is 1.19 bits per heavy atom. The number of carbonyl (C=O) groups is 1. The number of benzene rings is 1. The molecule has 0 bridgehead atoms. The molecule has 0 saturated carbocycles. The number of nitrogens with one attached hydrogen (secondary N) is 1. The Hall–Kier alpha value is -3.79. The average molecular weight is 420 g/mol. The molecule has 5 N–H and O–H groups in total. The lowest BCUT2D eigenvalue weighted by atomic mass is 10.1. The summed E-state index contributed by atoms with van der Waals surface area (Å²) in [5, 5.41) is 10.5. The van der Waals surface area contributed by atoms with Crippen LogP contribution in [0.3, 0.4) is 0 Å². The molecule has 10 heteroatoms. The highest BCUT2D eigenvalue weighted by Crippen LogP contribution is 2.35. The summed E-state index contributed by atoms with van der Waals surface area (Å²) in [5.41, 5.74) is 15.0. The van der Waals surface area contributed by atoms with Crippen molar-refractivity contribution in [3.8, 4) is 22.8 Å². The van der Waals surface area contributed by atoms with Gasteiger partial charge in [0.05, 0.1) is 16.8 Å². The second-order valence-corrected chi connectivity index (χ2v) is 7.38. The summed E-state index contributed by atoms with van der Waals surface area (Å²) in [5.74, 6) is 0.343. The van der Waals surface area contributed by atoms with Crippen LogP contribution in [0.15, 0.2) is 41.2 Å². The molecule has 10 nitrogen and oxygen atoms in total. The SMILES string of the molecule is CC(C)n1c(-c2nonc2N)nc2c(-c3ccccc3)ncc(C(=O)NCCCN)c21. The highest BCUT2D eigenvalue weighted by atomic mass is 16.6. The van der Waals surface area contributed by atoms with Gasteiger partial charge in [0.1, 0.15) is 5.52 Å². The van der Waals surface area contributed by atoms with Gasteiger partial charge < -0.3 is 21.4 Å². The van der Waals surface area contributed by atoms with Crippen molar-refractivity contribution >= 4 is 22.8 Å². The Balaban J connectivity index is 2.00. The number of pyridine rings is 1. The minimum absolute atomic E-state index is 0.0577. The van der Waals surface area contributed by atoms with E-state index in [4.69, 9.17) is 21.1 Å². The molecule has 0 atom stereocenters. The van der Waals surface area contributed by atoms with E-state index in [2.05, 4.69) is 20.6 Å². The van der Waals surface area contributed by atoms with Crippen LogP contribution in [0, 0.1) is 0 Å². The Morgan fingerprint density at radius 3 is 2.61 bits per heavy atom. The zero-order valence-corrected chi connectivity index (χ0v) is 17.4. The number of rotatable bonds is 7. The summed E-state index contributed by atoms with van der Waals surface area (Å²) < 4.78 is 6.72. The summed E-state index contributed by atoms with van der Waals surface area (Å²) in [4.78, 5) is 22.4. The van der Waals surface area contributed by atoms with E-state index in [0.29, 0.717) is 53.3 Å². The van der Waals surface area contributed by atoms with Crippen LogP contribution in [0.4, 0.5) is 5.82 Å². The molecule has 1 aromatic carbocycles. The molecule has 3 aromatic heterocycles. The van der Waals surface area contributed by atoms with Crippen molar-refractivity contribution in [1.29, 1.82) is 0 Å². The highest BCUT2D eigenvalue weighted by Gasteiger charge is 2.27. The number of hydrogen-bond acceptors (Lipinski definition) is 8. The lowest BCUT2D eigenvalue weighted by Crippen LogP contribution is -2.27. The Bertz CT molecular complexity index is 1210. The van der Waals surface area contributed by atoms with Crippen molar-refractivity contribution < 1.29 is 9.42 Å². The van der Waals surface area contributed by atoms with E-state index in [-0.39, 0.29) is 17.8 Å². The number of aromatic nitrogens is 5. The van der Waals surface area contributed by atoms with Gasteiger partial charge in [0.15, 0.2) is 17.3 Å². The van der Waals surface area contributed by atoms with E-state index in [0.717, 1.165) is 5.56 Å². The van der Waals surface area contributed by atoms with Crippen LogP contribution in [0.1, 0.15) is 36.7 Å². The van der Waals surface area contributed by atoms with Crippen molar-refractivity contribution in [3.05, 3.63) is 42.1 Å². The first-order valence-corrected chi connectivity index (χ1v) is 10.1. The summed E-state index contributed by atoms with van der Waals surface area (Å²) in [6, 6.07) is 9.62. The number of carbonyl (C=O) groups excluding carboxylic acids is 1. The predicted molar refractivity (Wildman–Crippen MR) is 117 cm³/mol. The molecule has 31 heavy (non-hydrogen) atoms. The van der Waals surface area contributed by atoms with Crippen LogP contribution in [0.2, 0.25) is 0 Å². The van der Waals surface area contributed by atoms with Crippen LogP contribution in [-0.4, -0.2) is 43.8 Å². The molecule has 0 aliphatic carbocycles. The number of nitrogens with two attached hydrogens (primary N) is 2. The first-order chi connectivity index (χ1) is 15.0. The molecule has 0 saturated heterocycles. The van der Waals surface area contributed by atoms with Crippen LogP contribution >= 0.6 is 0 Å². The van der Waals surface area contributed by atoms with Gasteiger partial charge in [-0.2, -0.15) is 0 Å². The maximum atomic E-state index is 13.0. The number of nitrogen functional groups attached to an aromatic ring is 1. The van der Waals surface area contributed by atoms with E-state index >= 15 is 0 Å². The predicted octanol–water partition coefficient (Wildman–Crippen LogP) is 2.39. The van der Waals surface area contributed by atoms with Gasteiger partial charge in [0, 0.05) is 24.3 Å². The molecule has 0 spiro atoms. The maximum Gasteiger partial charge on any atom is 0.255 e. The van der Waals surface area contributed by atoms with Crippen molar-refractivity contribution in [3.63, 3.8) is 0 Å². The fourth-order valence-electron chi connectivity index (χ4n) is 3.50. The average Bonchev–Trinajstić information content (AvgIpc) is 3.37. The van der Waals surface area contributed by atoms with Gasteiger partial charge in [0.2, 0.25) is 0 Å². The fourth-order valence-corrected chi connectivity index (χ4v) is 3.50. The molecule has 0 aliphatic heterocycles. The van der Waals surface area contributed by atoms with Gasteiger partial charge in [-0.3, -0.25) is 9.78 Å². The zero-order valence-electron chi connectivity index (χ0n) is 17.4. The lowest BCUT2D eigenvalue weighted by molar-refractivity contribution is 0.0954. The van der Waals surface area contributed by atoms with Crippen LogP contribution < -0.4 is 16.8 Å². The van der Waals surface area contributed by atoms with Gasteiger partial charge in [0.25, 0.3) is 5.91 Å². The molecule has 4 aromatic rings. The first-order valence-electron chi connectivity index (χ1n) is 10.1. The van der Waals surface area contributed by atoms with E-state index in [1.54, 1.807) is 6.20 Å². The van der Waals surface area contributed by atoms with E-state index in [1.807, 2.05) is 48.7 Å². The minimum atomic E-state index is -0.245. The Labute approximate surface area is 178 Å². The van der Waals surface area contributed by atoms with Crippen LogP contribution in [-0.2, 0) is 0 Å². The van der Waals surface area contributed by atoms with Gasteiger partial charge >= 0.3 is 0 Å². The third-order valence-electron chi connectivity index (χ3n) is 4.91. The molecular weight excluding hydrogens is 396 g/mol. The number of hydrogen-bond donors (Lipinski definition) is 3. The van der Waals surface area contributed by atoms with Crippen LogP contribution in [0.5, 0.6) is 0 Å².